The van der Waals surface area contributed by atoms with Crippen molar-refractivity contribution in [1.29, 1.82) is 0 Å². The molecule has 1 aliphatic carbocycles. The van der Waals surface area contributed by atoms with Crippen molar-refractivity contribution in [1.82, 2.24) is 14.1 Å². The molecule has 3 heterocycles. The molecule has 1 aromatic carbocycles. The van der Waals surface area contributed by atoms with E-state index in [0.29, 0.717) is 16.1 Å². The number of carbonyl (C=O) groups is 2. The molecule has 2 fully saturated rings. The van der Waals surface area contributed by atoms with Gasteiger partial charge in [0.05, 0.1) is 10.5 Å². The van der Waals surface area contributed by atoms with Crippen LogP contribution in [0.1, 0.15) is 89.4 Å². The van der Waals surface area contributed by atoms with Gasteiger partial charge in [-0.2, -0.15) is 4.31 Å². The Morgan fingerprint density at radius 3 is 2.38 bits per heavy atom. The third-order valence-electron chi connectivity index (χ3n) is 8.39. The second kappa shape index (κ2) is 12.1. The van der Waals surface area contributed by atoms with Gasteiger partial charge in [0.2, 0.25) is 10.0 Å². The van der Waals surface area contributed by atoms with Gasteiger partial charge in [-0.15, -0.1) is 11.3 Å². The minimum atomic E-state index is -3.63. The molecule has 0 atom stereocenters. The quantitative estimate of drug-likeness (QED) is 0.483. The van der Waals surface area contributed by atoms with Crippen molar-refractivity contribution in [2.24, 2.45) is 0 Å². The molecule has 2 amide bonds. The first-order valence-corrected chi connectivity index (χ1v) is 16.6. The zero-order chi connectivity index (χ0) is 27.6. The Bertz CT molecular complexity index is 1290. The number of benzene rings is 1. The first-order valence-electron chi connectivity index (χ1n) is 14.3. The Labute approximate surface area is 236 Å². The fourth-order valence-electron chi connectivity index (χ4n) is 6.12. The highest BCUT2D eigenvalue weighted by atomic mass is 32.2. The zero-order valence-electron chi connectivity index (χ0n) is 23.1. The number of sulfonamides is 1. The number of fused-ring (bicyclic) bond motifs is 1. The van der Waals surface area contributed by atoms with Crippen LogP contribution in [0.5, 0.6) is 0 Å². The Hall–Kier alpha value is -2.27. The van der Waals surface area contributed by atoms with Crippen LogP contribution in [0.2, 0.25) is 0 Å². The van der Waals surface area contributed by atoms with Crippen molar-refractivity contribution in [2.75, 3.05) is 38.5 Å². The van der Waals surface area contributed by atoms with E-state index in [-0.39, 0.29) is 22.8 Å². The standard InChI is InChI=1S/C29H40N4O4S2/c1-3-16-32-19-15-24-25(20-32)38-28(26(24)29(35)33-17-7-8-18-33)30-27(34)21-11-13-23(14-12-21)39(36,37)31(2)22-9-5-4-6-10-22/h11-14,22H,3-10,15-20H2,1-2H3,(H,30,34). The number of hydrogen-bond acceptors (Lipinski definition) is 6. The molecule has 1 N–H and O–H groups in total. The third-order valence-corrected chi connectivity index (χ3v) is 11.4. The maximum absolute atomic E-state index is 13.6. The molecule has 0 radical (unpaired) electrons. The summed E-state index contributed by atoms with van der Waals surface area (Å²) in [7, 11) is -1.97. The molecule has 0 spiro atoms. The van der Waals surface area contributed by atoms with Gasteiger partial charge in [-0.25, -0.2) is 8.42 Å². The summed E-state index contributed by atoms with van der Waals surface area (Å²) in [6.45, 7) is 6.40. The number of carbonyl (C=O) groups excluding carboxylic acids is 2. The number of nitrogens with one attached hydrogen (secondary N) is 1. The summed E-state index contributed by atoms with van der Waals surface area (Å²) in [6, 6.07) is 6.19. The molecule has 1 saturated carbocycles. The number of nitrogens with zero attached hydrogens (tertiary/aromatic N) is 3. The maximum Gasteiger partial charge on any atom is 0.257 e. The van der Waals surface area contributed by atoms with Gasteiger partial charge in [0.25, 0.3) is 11.8 Å². The van der Waals surface area contributed by atoms with E-state index in [9.17, 15) is 18.0 Å². The van der Waals surface area contributed by atoms with E-state index in [1.165, 1.54) is 27.8 Å². The predicted molar refractivity (Wildman–Crippen MR) is 155 cm³/mol. The highest BCUT2D eigenvalue weighted by molar-refractivity contribution is 7.89. The van der Waals surface area contributed by atoms with Crippen molar-refractivity contribution in [3.05, 3.63) is 45.8 Å². The summed E-state index contributed by atoms with van der Waals surface area (Å²) in [5.41, 5.74) is 2.09. The van der Waals surface area contributed by atoms with Gasteiger partial charge in [0, 0.05) is 49.7 Å². The van der Waals surface area contributed by atoms with Gasteiger partial charge in [0.15, 0.2) is 0 Å². The maximum atomic E-state index is 13.6. The largest absolute Gasteiger partial charge is 0.339 e. The molecule has 2 aromatic rings. The predicted octanol–water partition coefficient (Wildman–Crippen LogP) is 4.96. The molecule has 2 aliphatic heterocycles. The van der Waals surface area contributed by atoms with Crippen LogP contribution in [0.25, 0.3) is 0 Å². The molecule has 5 rings (SSSR count). The summed E-state index contributed by atoms with van der Waals surface area (Å²) >= 11 is 1.51. The monoisotopic (exact) mass is 572 g/mol. The minimum Gasteiger partial charge on any atom is -0.339 e. The van der Waals surface area contributed by atoms with Crippen molar-refractivity contribution in [3.63, 3.8) is 0 Å². The van der Waals surface area contributed by atoms with Crippen LogP contribution in [0, 0.1) is 0 Å². The molecule has 1 saturated heterocycles. The van der Waals surface area contributed by atoms with E-state index in [1.54, 1.807) is 19.2 Å². The van der Waals surface area contributed by atoms with Crippen LogP contribution in [0.3, 0.4) is 0 Å². The Kier molecular flexibility index (Phi) is 8.75. The van der Waals surface area contributed by atoms with Crippen LogP contribution in [0.15, 0.2) is 29.2 Å². The molecule has 0 bridgehead atoms. The minimum absolute atomic E-state index is 0.0106. The van der Waals surface area contributed by atoms with Crippen LogP contribution in [-0.4, -0.2) is 73.6 Å². The number of amides is 2. The number of rotatable bonds is 8. The second-order valence-corrected chi connectivity index (χ2v) is 14.1. The average molecular weight is 573 g/mol. The molecule has 10 heteroatoms. The fraction of sp³-hybridized carbons (Fsp3) is 0.586. The van der Waals surface area contributed by atoms with Crippen molar-refractivity contribution < 1.29 is 18.0 Å². The van der Waals surface area contributed by atoms with E-state index in [4.69, 9.17) is 0 Å². The molecular weight excluding hydrogens is 532 g/mol. The number of anilines is 1. The molecule has 8 nitrogen and oxygen atoms in total. The SMILES string of the molecule is CCCN1CCc2c(sc(NC(=O)c3ccc(S(=O)(=O)N(C)C4CCCCC4)cc3)c2C(=O)N2CCCC2)C1. The Morgan fingerprint density at radius 1 is 1.03 bits per heavy atom. The van der Waals surface area contributed by atoms with E-state index in [2.05, 4.69) is 17.1 Å². The topological polar surface area (TPSA) is 90.0 Å². The third kappa shape index (κ3) is 5.94. The van der Waals surface area contributed by atoms with Gasteiger partial charge in [0.1, 0.15) is 5.00 Å². The van der Waals surface area contributed by atoms with Gasteiger partial charge < -0.3 is 10.2 Å². The lowest BCUT2D eigenvalue weighted by molar-refractivity contribution is 0.0792. The number of hydrogen-bond donors (Lipinski definition) is 1. The molecule has 0 unspecified atom stereocenters. The van der Waals surface area contributed by atoms with E-state index in [1.807, 2.05) is 4.90 Å². The van der Waals surface area contributed by atoms with Gasteiger partial charge in [-0.05, 0) is 74.9 Å². The van der Waals surface area contributed by atoms with Crippen LogP contribution >= 0.6 is 11.3 Å². The molecular formula is C29H40N4O4S2. The summed E-state index contributed by atoms with van der Waals surface area (Å²) in [4.78, 5) is 32.6. The highest BCUT2D eigenvalue weighted by Crippen LogP contribution is 2.39. The van der Waals surface area contributed by atoms with Crippen LogP contribution in [-0.2, 0) is 23.0 Å². The lowest BCUT2D eigenvalue weighted by atomic mass is 9.96. The fourth-order valence-corrected chi connectivity index (χ4v) is 8.81. The summed E-state index contributed by atoms with van der Waals surface area (Å²) in [5, 5.41) is 3.63. The van der Waals surface area contributed by atoms with Crippen LogP contribution < -0.4 is 5.32 Å². The van der Waals surface area contributed by atoms with E-state index < -0.39 is 10.0 Å². The van der Waals surface area contributed by atoms with Gasteiger partial charge >= 0.3 is 0 Å². The first kappa shape index (κ1) is 28.3. The summed E-state index contributed by atoms with van der Waals surface area (Å²) in [5.74, 6) is -0.324. The zero-order valence-corrected chi connectivity index (χ0v) is 24.7. The van der Waals surface area contributed by atoms with Crippen molar-refractivity contribution in [3.8, 4) is 0 Å². The van der Waals surface area contributed by atoms with Crippen molar-refractivity contribution >= 4 is 38.2 Å². The smallest absolute Gasteiger partial charge is 0.257 e. The average Bonchev–Trinajstić information content (AvgIpc) is 3.61. The Balaban J connectivity index is 1.36. The lowest BCUT2D eigenvalue weighted by Crippen LogP contribution is -2.38. The summed E-state index contributed by atoms with van der Waals surface area (Å²) in [6.07, 6.45) is 8.92. The molecule has 212 valence electrons. The van der Waals surface area contributed by atoms with Gasteiger partial charge in [-0.3, -0.25) is 14.5 Å². The molecule has 3 aliphatic rings. The van der Waals surface area contributed by atoms with Crippen molar-refractivity contribution in [2.45, 2.75) is 82.2 Å². The Morgan fingerprint density at radius 2 is 1.72 bits per heavy atom. The second-order valence-electron chi connectivity index (χ2n) is 11.0. The highest BCUT2D eigenvalue weighted by Gasteiger charge is 2.32. The first-order chi connectivity index (χ1) is 18.8. The molecule has 1 aromatic heterocycles. The number of thiophene rings is 1. The number of likely N-dealkylation sites (tertiary alicyclic amines) is 1. The normalized spacial score (nSPS) is 18.9. The lowest BCUT2D eigenvalue weighted by Gasteiger charge is -2.30. The van der Waals surface area contributed by atoms with E-state index in [0.717, 1.165) is 101 Å². The van der Waals surface area contributed by atoms with Gasteiger partial charge in [-0.1, -0.05) is 26.2 Å². The summed E-state index contributed by atoms with van der Waals surface area (Å²) < 4.78 is 27.9. The van der Waals surface area contributed by atoms with E-state index >= 15 is 0 Å². The van der Waals surface area contributed by atoms with Crippen LogP contribution in [0.4, 0.5) is 5.00 Å². The molecule has 39 heavy (non-hydrogen) atoms.